The van der Waals surface area contributed by atoms with Gasteiger partial charge >= 0.3 is 0 Å². The number of benzene rings is 1. The average molecular weight is 421 g/mol. The standard InChI is InChI=1S/C22H29FN2O3S/c23-19-4-1-5-20(10-19)29(27,28)25-6-2-3-18(14-25)21(26)24-22-11-15-7-16(12-22)9-17(8-15)13-22/h1,4-5,10,15-18H,2-3,6-9,11-14H2,(H,24,26)/t15?,16?,17?,18-,22?/m1/s1. The van der Waals surface area contributed by atoms with Crippen molar-refractivity contribution in [3.8, 4) is 0 Å². The van der Waals surface area contributed by atoms with Gasteiger partial charge in [0.25, 0.3) is 0 Å². The number of nitrogens with zero attached hydrogens (tertiary/aromatic N) is 1. The predicted octanol–water partition coefficient (Wildman–Crippen LogP) is 3.31. The van der Waals surface area contributed by atoms with E-state index in [1.165, 1.54) is 41.8 Å². The Morgan fingerprint density at radius 2 is 1.76 bits per heavy atom. The summed E-state index contributed by atoms with van der Waals surface area (Å²) >= 11 is 0. The monoisotopic (exact) mass is 420 g/mol. The molecule has 7 heteroatoms. The fourth-order valence-corrected chi connectivity index (χ4v) is 8.33. The van der Waals surface area contributed by atoms with Crippen LogP contribution in [-0.4, -0.2) is 37.3 Å². The van der Waals surface area contributed by atoms with Crippen LogP contribution >= 0.6 is 0 Å². The molecule has 0 aromatic heterocycles. The van der Waals surface area contributed by atoms with Crippen LogP contribution < -0.4 is 5.32 Å². The second-order valence-electron chi connectivity index (χ2n) is 9.85. The summed E-state index contributed by atoms with van der Waals surface area (Å²) in [6.45, 7) is 0.553. The number of sulfonamides is 1. The van der Waals surface area contributed by atoms with Crippen molar-refractivity contribution >= 4 is 15.9 Å². The lowest BCUT2D eigenvalue weighted by Gasteiger charge is -2.57. The molecule has 0 spiro atoms. The van der Waals surface area contributed by atoms with Gasteiger partial charge in [-0.3, -0.25) is 4.79 Å². The maximum absolute atomic E-state index is 13.5. The Balaban J connectivity index is 1.29. The van der Waals surface area contributed by atoms with E-state index in [4.69, 9.17) is 0 Å². The molecule has 4 saturated carbocycles. The Bertz CT molecular complexity index is 881. The maximum atomic E-state index is 13.5. The van der Waals surface area contributed by atoms with Crippen LogP contribution in [0.1, 0.15) is 51.4 Å². The number of carbonyl (C=O) groups excluding carboxylic acids is 1. The fourth-order valence-electron chi connectivity index (χ4n) is 6.78. The van der Waals surface area contributed by atoms with Crippen LogP contribution in [0.3, 0.4) is 0 Å². The largest absolute Gasteiger partial charge is 0.350 e. The minimum absolute atomic E-state index is 0.00564. The van der Waals surface area contributed by atoms with Crippen molar-refractivity contribution in [1.82, 2.24) is 9.62 Å². The molecule has 5 fully saturated rings. The van der Waals surface area contributed by atoms with E-state index in [1.54, 1.807) is 0 Å². The molecule has 1 heterocycles. The molecule has 4 bridgehead atoms. The highest BCUT2D eigenvalue weighted by molar-refractivity contribution is 7.89. The third-order valence-corrected chi connectivity index (χ3v) is 9.48. The first-order valence-electron chi connectivity index (χ1n) is 10.9. The van der Waals surface area contributed by atoms with Gasteiger partial charge in [0, 0.05) is 18.6 Å². The lowest BCUT2D eigenvalue weighted by Crippen LogP contribution is -2.61. The fraction of sp³-hybridized carbons (Fsp3) is 0.682. The topological polar surface area (TPSA) is 66.5 Å². The number of carbonyl (C=O) groups is 1. The number of halogens is 1. The summed E-state index contributed by atoms with van der Waals surface area (Å²) in [5.41, 5.74) is -0.0600. The molecule has 29 heavy (non-hydrogen) atoms. The number of piperidine rings is 1. The van der Waals surface area contributed by atoms with Crippen molar-refractivity contribution < 1.29 is 17.6 Å². The smallest absolute Gasteiger partial charge is 0.243 e. The molecule has 1 aromatic carbocycles. The normalized spacial score (nSPS) is 36.9. The SMILES string of the molecule is O=C(NC12CC3CC(CC(C3)C1)C2)[C@@H]1CCCN(S(=O)(=O)c2cccc(F)c2)C1. The van der Waals surface area contributed by atoms with E-state index < -0.39 is 15.8 Å². The van der Waals surface area contributed by atoms with Crippen LogP contribution in [0, 0.1) is 29.5 Å². The van der Waals surface area contributed by atoms with Gasteiger partial charge in [-0.25, -0.2) is 12.8 Å². The van der Waals surface area contributed by atoms with Gasteiger partial charge in [-0.15, -0.1) is 0 Å². The Morgan fingerprint density at radius 1 is 1.10 bits per heavy atom. The molecule has 5 nitrogen and oxygen atoms in total. The summed E-state index contributed by atoms with van der Waals surface area (Å²) in [6.07, 6.45) is 8.56. The Kier molecular flexibility index (Phi) is 4.74. The molecule has 0 unspecified atom stereocenters. The third-order valence-electron chi connectivity index (χ3n) is 7.62. The van der Waals surface area contributed by atoms with Crippen molar-refractivity contribution in [2.75, 3.05) is 13.1 Å². The van der Waals surface area contributed by atoms with E-state index in [-0.39, 0.29) is 28.8 Å². The van der Waals surface area contributed by atoms with Crippen LogP contribution in [0.15, 0.2) is 29.2 Å². The van der Waals surface area contributed by atoms with Crippen LogP contribution in [-0.2, 0) is 14.8 Å². The summed E-state index contributed by atoms with van der Waals surface area (Å²) in [7, 11) is -3.79. The minimum atomic E-state index is -3.79. The van der Waals surface area contributed by atoms with E-state index in [2.05, 4.69) is 5.32 Å². The lowest BCUT2D eigenvalue weighted by atomic mass is 9.53. The third kappa shape index (κ3) is 3.61. The number of rotatable bonds is 4. The van der Waals surface area contributed by atoms with Gasteiger partial charge in [-0.05, 0) is 87.3 Å². The van der Waals surface area contributed by atoms with Gasteiger partial charge in [0.2, 0.25) is 15.9 Å². The summed E-state index contributed by atoms with van der Waals surface area (Å²) in [5.74, 6) is 1.35. The van der Waals surface area contributed by atoms with E-state index in [0.29, 0.717) is 19.4 Å². The lowest BCUT2D eigenvalue weighted by molar-refractivity contribution is -0.131. The number of hydrogen-bond acceptors (Lipinski definition) is 3. The van der Waals surface area contributed by atoms with E-state index in [0.717, 1.165) is 43.1 Å². The molecule has 6 rings (SSSR count). The van der Waals surface area contributed by atoms with Gasteiger partial charge < -0.3 is 5.32 Å². The molecule has 1 N–H and O–H groups in total. The first-order valence-corrected chi connectivity index (χ1v) is 12.3. The summed E-state index contributed by atoms with van der Waals surface area (Å²) in [6, 6.07) is 5.10. The summed E-state index contributed by atoms with van der Waals surface area (Å²) < 4.78 is 40.8. The number of amides is 1. The zero-order chi connectivity index (χ0) is 20.2. The predicted molar refractivity (Wildman–Crippen MR) is 107 cm³/mol. The first-order chi connectivity index (χ1) is 13.8. The Hall–Kier alpha value is -1.47. The van der Waals surface area contributed by atoms with Crippen molar-refractivity contribution in [3.05, 3.63) is 30.1 Å². The van der Waals surface area contributed by atoms with Crippen molar-refractivity contribution in [1.29, 1.82) is 0 Å². The zero-order valence-corrected chi connectivity index (χ0v) is 17.5. The Labute approximate surface area is 172 Å². The van der Waals surface area contributed by atoms with Gasteiger partial charge in [0.1, 0.15) is 5.82 Å². The highest BCUT2D eigenvalue weighted by atomic mass is 32.2. The molecular formula is C22H29FN2O3S. The quantitative estimate of drug-likeness (QED) is 0.813. The van der Waals surface area contributed by atoms with E-state index in [1.807, 2.05) is 0 Å². The summed E-state index contributed by atoms with van der Waals surface area (Å²) in [4.78, 5) is 13.1. The van der Waals surface area contributed by atoms with E-state index in [9.17, 15) is 17.6 Å². The second kappa shape index (κ2) is 7.05. The van der Waals surface area contributed by atoms with E-state index >= 15 is 0 Å². The number of hydrogen-bond donors (Lipinski definition) is 1. The average Bonchev–Trinajstić information content (AvgIpc) is 2.66. The maximum Gasteiger partial charge on any atom is 0.243 e. The summed E-state index contributed by atoms with van der Waals surface area (Å²) in [5, 5.41) is 3.39. The van der Waals surface area contributed by atoms with Crippen LogP contribution in [0.25, 0.3) is 0 Å². The number of nitrogens with one attached hydrogen (secondary N) is 1. The van der Waals surface area contributed by atoms with Gasteiger partial charge in [-0.1, -0.05) is 6.07 Å². The molecule has 158 valence electrons. The molecule has 1 saturated heterocycles. The van der Waals surface area contributed by atoms with Crippen molar-refractivity contribution in [3.63, 3.8) is 0 Å². The molecule has 5 aliphatic rings. The molecule has 1 atom stereocenters. The molecule has 0 radical (unpaired) electrons. The molecule has 1 aromatic rings. The molecule has 4 aliphatic carbocycles. The second-order valence-corrected chi connectivity index (χ2v) is 11.8. The van der Waals surface area contributed by atoms with Crippen molar-refractivity contribution in [2.45, 2.75) is 61.8 Å². The van der Waals surface area contributed by atoms with Gasteiger partial charge in [-0.2, -0.15) is 4.31 Å². The molecule has 1 amide bonds. The zero-order valence-electron chi connectivity index (χ0n) is 16.6. The highest BCUT2D eigenvalue weighted by Crippen LogP contribution is 2.55. The van der Waals surface area contributed by atoms with Crippen LogP contribution in [0.4, 0.5) is 4.39 Å². The molecular weight excluding hydrogens is 391 g/mol. The van der Waals surface area contributed by atoms with Crippen LogP contribution in [0.2, 0.25) is 0 Å². The first kappa shape index (κ1) is 19.5. The minimum Gasteiger partial charge on any atom is -0.350 e. The molecule has 1 aliphatic heterocycles. The van der Waals surface area contributed by atoms with Crippen molar-refractivity contribution in [2.24, 2.45) is 23.7 Å². The highest BCUT2D eigenvalue weighted by Gasteiger charge is 2.52. The van der Waals surface area contributed by atoms with Gasteiger partial charge in [0.15, 0.2) is 0 Å². The van der Waals surface area contributed by atoms with Crippen LogP contribution in [0.5, 0.6) is 0 Å². The Morgan fingerprint density at radius 3 is 2.38 bits per heavy atom. The van der Waals surface area contributed by atoms with Gasteiger partial charge in [0.05, 0.1) is 10.8 Å².